The topological polar surface area (TPSA) is 21.6 Å². The Morgan fingerprint density at radius 2 is 1.67 bits per heavy atom. The van der Waals surface area contributed by atoms with Crippen LogP contribution in [0.15, 0.2) is 83.9 Å². The summed E-state index contributed by atoms with van der Waals surface area (Å²) >= 11 is 0. The zero-order valence-corrected chi connectivity index (χ0v) is 17.3. The summed E-state index contributed by atoms with van der Waals surface area (Å²) in [6.45, 7) is 3.71. The monoisotopic (exact) mass is 391 g/mol. The minimum atomic E-state index is 0.759. The second-order valence-corrected chi connectivity index (χ2v) is 7.75. The molecule has 5 rings (SSSR count). The van der Waals surface area contributed by atoms with E-state index in [-0.39, 0.29) is 0 Å². The van der Waals surface area contributed by atoms with E-state index in [0.29, 0.717) is 0 Å². The fourth-order valence-corrected chi connectivity index (χ4v) is 4.25. The van der Waals surface area contributed by atoms with Crippen molar-refractivity contribution in [3.05, 3.63) is 95.6 Å². The van der Waals surface area contributed by atoms with Gasteiger partial charge in [-0.25, -0.2) is 0 Å². The van der Waals surface area contributed by atoms with Gasteiger partial charge in [-0.2, -0.15) is 0 Å². The lowest BCUT2D eigenvalue weighted by atomic mass is 9.94. The Labute approximate surface area is 177 Å². The van der Waals surface area contributed by atoms with Crippen molar-refractivity contribution in [1.29, 1.82) is 0 Å². The molecule has 0 unspecified atom stereocenters. The first kappa shape index (κ1) is 18.6. The van der Waals surface area contributed by atoms with Gasteiger partial charge in [0.05, 0.1) is 12.3 Å². The highest BCUT2D eigenvalue weighted by Crippen LogP contribution is 2.30. The van der Waals surface area contributed by atoms with Gasteiger partial charge in [-0.1, -0.05) is 61.5 Å². The van der Waals surface area contributed by atoms with E-state index in [9.17, 15) is 0 Å². The maximum atomic E-state index is 5.82. The summed E-state index contributed by atoms with van der Waals surface area (Å²) in [6, 6.07) is 25.9. The Hall–Kier alpha value is -3.39. The lowest BCUT2D eigenvalue weighted by Gasteiger charge is -2.16. The molecule has 0 atom stereocenters. The molecule has 0 saturated heterocycles. The standard InChI is InChI=1S/C28H25NO/c1-2-17-30-23-12-13-26-22(19-23)15-16-29-28(26)14-11-21-18-20-7-3-4-8-24(20)27-10-6-5-9-25(21)27/h3-14,18-19H,2,15-17H2,1H3. The maximum absolute atomic E-state index is 5.82. The first-order chi connectivity index (χ1) is 14.8. The fourth-order valence-electron chi connectivity index (χ4n) is 4.25. The SMILES string of the molecule is CCCOc1ccc2c(c1)CCN=C2C=Cc1cc2ccccc2c2ccccc12. The minimum Gasteiger partial charge on any atom is -0.494 e. The zero-order valence-electron chi connectivity index (χ0n) is 17.3. The van der Waals surface area contributed by atoms with Crippen molar-refractivity contribution in [2.45, 2.75) is 19.8 Å². The molecule has 4 aromatic rings. The van der Waals surface area contributed by atoms with Crippen LogP contribution in [0, 0.1) is 0 Å². The van der Waals surface area contributed by atoms with Crippen molar-refractivity contribution in [3.8, 4) is 5.75 Å². The Morgan fingerprint density at radius 1 is 0.867 bits per heavy atom. The minimum absolute atomic E-state index is 0.759. The van der Waals surface area contributed by atoms with Gasteiger partial charge in [0.2, 0.25) is 0 Å². The van der Waals surface area contributed by atoms with Crippen LogP contribution in [-0.4, -0.2) is 18.9 Å². The van der Waals surface area contributed by atoms with Gasteiger partial charge in [-0.15, -0.1) is 0 Å². The van der Waals surface area contributed by atoms with Crippen LogP contribution in [0.5, 0.6) is 5.75 Å². The number of hydrogen-bond donors (Lipinski definition) is 0. The summed E-state index contributed by atoms with van der Waals surface area (Å²) in [6.07, 6.45) is 6.37. The number of rotatable bonds is 5. The molecule has 0 bridgehead atoms. The second-order valence-electron chi connectivity index (χ2n) is 7.75. The molecule has 0 aromatic heterocycles. The molecule has 4 aromatic carbocycles. The van der Waals surface area contributed by atoms with Gasteiger partial charge in [0.15, 0.2) is 0 Å². The van der Waals surface area contributed by atoms with E-state index < -0.39 is 0 Å². The van der Waals surface area contributed by atoms with Crippen molar-refractivity contribution in [3.63, 3.8) is 0 Å². The predicted molar refractivity (Wildman–Crippen MR) is 128 cm³/mol. The fraction of sp³-hybridized carbons (Fsp3) is 0.179. The molecule has 0 fully saturated rings. The summed E-state index contributed by atoms with van der Waals surface area (Å²) in [5.74, 6) is 0.960. The first-order valence-corrected chi connectivity index (χ1v) is 10.7. The summed E-state index contributed by atoms with van der Waals surface area (Å²) in [4.78, 5) is 4.81. The van der Waals surface area contributed by atoms with Crippen molar-refractivity contribution in [1.82, 2.24) is 0 Å². The number of allylic oxidation sites excluding steroid dienone is 1. The average Bonchev–Trinajstić information content (AvgIpc) is 2.81. The number of fused-ring (bicyclic) bond motifs is 4. The van der Waals surface area contributed by atoms with Gasteiger partial charge < -0.3 is 4.74 Å². The van der Waals surface area contributed by atoms with E-state index in [1.165, 1.54) is 38.2 Å². The van der Waals surface area contributed by atoms with Crippen LogP contribution in [-0.2, 0) is 6.42 Å². The Kier molecular flexibility index (Phi) is 5.06. The van der Waals surface area contributed by atoms with Crippen LogP contribution in [0.2, 0.25) is 0 Å². The summed E-state index contributed by atoms with van der Waals surface area (Å²) < 4.78 is 5.82. The molecule has 1 aliphatic heterocycles. The number of aliphatic imine (C=N–C) groups is 1. The van der Waals surface area contributed by atoms with Gasteiger partial charge in [0, 0.05) is 12.1 Å². The number of ether oxygens (including phenoxy) is 1. The number of nitrogens with zero attached hydrogens (tertiary/aromatic N) is 1. The van der Waals surface area contributed by atoms with E-state index in [1.54, 1.807) is 0 Å². The first-order valence-electron chi connectivity index (χ1n) is 10.7. The summed E-state index contributed by atoms with van der Waals surface area (Å²) in [5.41, 5.74) is 4.81. The highest BCUT2D eigenvalue weighted by molar-refractivity contribution is 6.15. The van der Waals surface area contributed by atoms with Gasteiger partial charge in [0.25, 0.3) is 0 Å². The van der Waals surface area contributed by atoms with Gasteiger partial charge in [-0.05, 0) is 75.9 Å². The third kappa shape index (κ3) is 3.50. The van der Waals surface area contributed by atoms with E-state index in [4.69, 9.17) is 9.73 Å². The molecular weight excluding hydrogens is 366 g/mol. The van der Waals surface area contributed by atoms with E-state index in [1.807, 2.05) is 0 Å². The molecule has 2 heteroatoms. The van der Waals surface area contributed by atoms with Crippen LogP contribution in [0.1, 0.15) is 30.0 Å². The molecule has 148 valence electrons. The van der Waals surface area contributed by atoms with E-state index in [2.05, 4.69) is 91.9 Å². The lowest BCUT2D eigenvalue weighted by molar-refractivity contribution is 0.317. The van der Waals surface area contributed by atoms with Crippen LogP contribution >= 0.6 is 0 Å². The smallest absolute Gasteiger partial charge is 0.119 e. The quantitative estimate of drug-likeness (QED) is 0.341. The molecule has 1 heterocycles. The van der Waals surface area contributed by atoms with Gasteiger partial charge in [-0.3, -0.25) is 4.99 Å². The molecule has 0 aliphatic carbocycles. The highest BCUT2D eigenvalue weighted by atomic mass is 16.5. The largest absolute Gasteiger partial charge is 0.494 e. The normalized spacial score (nSPS) is 13.6. The molecule has 0 radical (unpaired) electrons. The van der Waals surface area contributed by atoms with Crippen LogP contribution in [0.3, 0.4) is 0 Å². The van der Waals surface area contributed by atoms with Crippen molar-refractivity contribution in [2.24, 2.45) is 4.99 Å². The van der Waals surface area contributed by atoms with Gasteiger partial charge >= 0.3 is 0 Å². The number of benzene rings is 4. The van der Waals surface area contributed by atoms with Gasteiger partial charge in [0.1, 0.15) is 5.75 Å². The highest BCUT2D eigenvalue weighted by Gasteiger charge is 2.13. The molecule has 0 spiro atoms. The van der Waals surface area contributed by atoms with Crippen molar-refractivity contribution >= 4 is 33.3 Å². The Morgan fingerprint density at radius 3 is 2.53 bits per heavy atom. The Balaban J connectivity index is 1.53. The van der Waals surface area contributed by atoms with Crippen LogP contribution in [0.25, 0.3) is 27.6 Å². The third-order valence-corrected chi connectivity index (χ3v) is 5.71. The molecule has 0 amide bonds. The maximum Gasteiger partial charge on any atom is 0.119 e. The van der Waals surface area contributed by atoms with Crippen LogP contribution in [0.4, 0.5) is 0 Å². The summed E-state index contributed by atoms with van der Waals surface area (Å²) in [7, 11) is 0. The number of hydrogen-bond acceptors (Lipinski definition) is 2. The summed E-state index contributed by atoms with van der Waals surface area (Å²) in [5, 5.41) is 5.12. The van der Waals surface area contributed by atoms with E-state index >= 15 is 0 Å². The second kappa shape index (κ2) is 8.16. The molecule has 0 saturated carbocycles. The molecular formula is C28H25NO. The lowest BCUT2D eigenvalue weighted by Crippen LogP contribution is -2.11. The molecule has 1 aliphatic rings. The van der Waals surface area contributed by atoms with Crippen molar-refractivity contribution < 1.29 is 4.74 Å². The predicted octanol–water partition coefficient (Wildman–Crippen LogP) is 6.84. The van der Waals surface area contributed by atoms with E-state index in [0.717, 1.165) is 37.5 Å². The Bertz CT molecular complexity index is 1280. The average molecular weight is 392 g/mol. The zero-order chi connectivity index (χ0) is 20.3. The molecule has 30 heavy (non-hydrogen) atoms. The van der Waals surface area contributed by atoms with Crippen molar-refractivity contribution in [2.75, 3.05) is 13.2 Å². The molecule has 2 nitrogen and oxygen atoms in total. The van der Waals surface area contributed by atoms with Crippen LogP contribution < -0.4 is 4.74 Å². The third-order valence-electron chi connectivity index (χ3n) is 5.71. The molecule has 0 N–H and O–H groups in total.